The van der Waals surface area contributed by atoms with Gasteiger partial charge in [-0.25, -0.2) is 4.79 Å². The zero-order valence-electron chi connectivity index (χ0n) is 20.5. The number of aliphatic hydroxyl groups is 12. The number of carbonyl (C=O) groups is 1. The van der Waals surface area contributed by atoms with Crippen LogP contribution in [0.1, 0.15) is 5.71 Å². The number of rotatable bonds is 10. The van der Waals surface area contributed by atoms with Gasteiger partial charge in [-0.05, 0) is 0 Å². The summed E-state index contributed by atoms with van der Waals surface area (Å²) in [6.07, 6.45) is -14.6. The molecule has 0 aliphatic carbocycles. The van der Waals surface area contributed by atoms with E-state index in [1.807, 2.05) is 0 Å². The van der Waals surface area contributed by atoms with E-state index < -0.39 is 81.4 Å². The molecule has 0 heterocycles. The molecule has 0 aromatic rings. The van der Waals surface area contributed by atoms with Gasteiger partial charge in [0, 0.05) is 0 Å². The largest absolute Gasteiger partial charge is 2.00 e. The molecule has 0 saturated carbocycles. The van der Waals surface area contributed by atoms with Crippen LogP contribution in [0.25, 0.3) is 0 Å². The van der Waals surface area contributed by atoms with Crippen LogP contribution < -0.4 is 0 Å². The smallest absolute Gasteiger partial charge is 1.00 e. The van der Waals surface area contributed by atoms with Gasteiger partial charge in [-0.15, -0.1) is 0 Å². The van der Waals surface area contributed by atoms with E-state index in [0.717, 1.165) is 0 Å². The van der Waals surface area contributed by atoms with Crippen molar-refractivity contribution >= 4 is 66.9 Å². The quantitative estimate of drug-likeness (QED) is 0.121. The van der Waals surface area contributed by atoms with E-state index in [9.17, 15) is 0 Å². The Morgan fingerprint density at radius 1 is 0.548 bits per heavy atom. The van der Waals surface area contributed by atoms with Crippen molar-refractivity contribution in [3.63, 3.8) is 0 Å². The van der Waals surface area contributed by atoms with Gasteiger partial charge >= 0.3 is 66.9 Å². The van der Waals surface area contributed by atoms with Crippen molar-refractivity contribution in [1.82, 2.24) is 0 Å². The predicted molar refractivity (Wildman–Crippen MR) is 107 cm³/mol. The minimum absolute atomic E-state index is 0. The van der Waals surface area contributed by atoms with E-state index in [1.54, 1.807) is 0 Å². The normalized spacial score (nSPS) is 17.4. The minimum atomic E-state index is -1.83. The Bertz CT molecular complexity index is 341. The van der Waals surface area contributed by atoms with Gasteiger partial charge in [0.15, 0.2) is 0 Å². The maximum absolute atomic E-state index is 8.96. The van der Waals surface area contributed by atoms with E-state index in [4.69, 9.17) is 76.3 Å². The molecule has 16 nitrogen and oxygen atoms in total. The maximum Gasteiger partial charge on any atom is 2.00 e. The Labute approximate surface area is 228 Å². The van der Waals surface area contributed by atoms with E-state index in [-0.39, 0.29) is 72.0 Å². The molecular weight excluding hydrogens is 477 g/mol. The second kappa shape index (κ2) is 27.0. The van der Waals surface area contributed by atoms with Crippen molar-refractivity contribution in [2.75, 3.05) is 26.4 Å². The first-order chi connectivity index (χ1) is 12.8. The first-order valence-corrected chi connectivity index (χ1v) is 7.61. The van der Waals surface area contributed by atoms with Crippen LogP contribution in [0.3, 0.4) is 0 Å². The van der Waals surface area contributed by atoms with Crippen LogP contribution in [0.2, 0.25) is 0 Å². The Kier molecular flexibility index (Phi) is 39.5. The molecule has 0 aromatic carbocycles. The molecule has 8 unspecified atom stereocenters. The minimum Gasteiger partial charge on any atom is -1.00 e. The Morgan fingerprint density at radius 2 is 0.645 bits per heavy atom. The SMILES string of the molecule is O.O=C(O)O.OCC(O)C(O)C(O)C(O)CO.OCC(O)C(O)C(O)C(O)CO.[Ca+2].[H-].[H-].[H-].[H-].[Mg+2]. The average molecular weight is 513 g/mol. The fourth-order valence-corrected chi connectivity index (χ4v) is 1.34. The van der Waals surface area contributed by atoms with Crippen LogP contribution in [0, 0.1) is 0 Å². The second-order valence-corrected chi connectivity index (χ2v) is 5.24. The molecule has 0 amide bonds. The van der Waals surface area contributed by atoms with Crippen LogP contribution in [0.5, 0.6) is 0 Å². The first-order valence-electron chi connectivity index (χ1n) is 7.61. The Hall–Kier alpha value is 0.776. The van der Waals surface area contributed by atoms with Gasteiger partial charge in [-0.3, -0.25) is 0 Å². The summed E-state index contributed by atoms with van der Waals surface area (Å²) < 4.78 is 0. The molecule has 0 aliphatic rings. The van der Waals surface area contributed by atoms with Crippen LogP contribution in [-0.2, 0) is 0 Å². The Balaban J connectivity index is -0.0000000329. The van der Waals surface area contributed by atoms with Gasteiger partial charge in [0.1, 0.15) is 48.8 Å². The van der Waals surface area contributed by atoms with E-state index >= 15 is 0 Å². The molecule has 0 radical (unpaired) electrons. The molecule has 0 bridgehead atoms. The van der Waals surface area contributed by atoms with Crippen LogP contribution in [0.15, 0.2) is 0 Å². The van der Waals surface area contributed by atoms with Crippen molar-refractivity contribution in [2.24, 2.45) is 0 Å². The molecule has 0 spiro atoms. The first kappa shape index (κ1) is 45.3. The Morgan fingerprint density at radius 3 is 0.710 bits per heavy atom. The van der Waals surface area contributed by atoms with Crippen LogP contribution >= 0.6 is 0 Å². The number of hydrogen-bond donors (Lipinski definition) is 14. The molecule has 0 aromatic heterocycles. The van der Waals surface area contributed by atoms with Gasteiger partial charge in [0.05, 0.1) is 26.4 Å². The summed E-state index contributed by atoms with van der Waals surface area (Å²) in [4.78, 5) is 8.56. The number of aliphatic hydroxyl groups excluding tert-OH is 12. The fourth-order valence-electron chi connectivity index (χ4n) is 1.34. The molecule has 18 heteroatoms. The molecule has 16 N–H and O–H groups in total. The maximum atomic E-state index is 8.96. The molecule has 8 atom stereocenters. The average Bonchev–Trinajstić information content (AvgIpc) is 2.68. The van der Waals surface area contributed by atoms with Gasteiger partial charge in [0.25, 0.3) is 0 Å². The summed E-state index contributed by atoms with van der Waals surface area (Å²) in [6.45, 7) is -2.90. The van der Waals surface area contributed by atoms with Crippen molar-refractivity contribution in [3.8, 4) is 0 Å². The summed E-state index contributed by atoms with van der Waals surface area (Å²) >= 11 is 0. The summed E-state index contributed by atoms with van der Waals surface area (Å²) in [7, 11) is 0. The second-order valence-electron chi connectivity index (χ2n) is 5.24. The summed E-state index contributed by atoms with van der Waals surface area (Å²) in [6, 6.07) is 0. The van der Waals surface area contributed by atoms with Crippen LogP contribution in [-0.4, -0.2) is 219 Å². The van der Waals surface area contributed by atoms with E-state index in [1.165, 1.54) is 0 Å². The third kappa shape index (κ3) is 23.7. The standard InChI is InChI=1S/2C6H14O6.CH2O3.Ca.Mg.H2O.4H/c2*7-1-3(9)5(11)6(12)4(10)2-8;2-1(3)4;;;;;;;/h2*3-12H,1-2H2;(H2,2,3,4);;;1H2;;;;/q;;;2*+2;;4*-1. The van der Waals surface area contributed by atoms with Gasteiger partial charge in [0.2, 0.25) is 0 Å². The topological polar surface area (TPSA) is 332 Å². The summed E-state index contributed by atoms with van der Waals surface area (Å²) in [5.74, 6) is 0. The molecule has 31 heavy (non-hydrogen) atoms. The van der Waals surface area contributed by atoms with Crippen molar-refractivity contribution in [3.05, 3.63) is 0 Å². The molecule has 0 aliphatic heterocycles. The molecular formula is C13H36CaMgO16. The van der Waals surface area contributed by atoms with Crippen LogP contribution in [0.4, 0.5) is 4.79 Å². The predicted octanol–water partition coefficient (Wildman–Crippen LogP) is -8.08. The van der Waals surface area contributed by atoms with Gasteiger partial charge < -0.3 is 82.7 Å². The third-order valence-corrected chi connectivity index (χ3v) is 3.02. The van der Waals surface area contributed by atoms with E-state index in [2.05, 4.69) is 0 Å². The van der Waals surface area contributed by atoms with E-state index in [0.29, 0.717) is 0 Å². The molecule has 0 saturated heterocycles. The zero-order chi connectivity index (χ0) is 23.0. The van der Waals surface area contributed by atoms with Crippen molar-refractivity contribution in [1.29, 1.82) is 0 Å². The van der Waals surface area contributed by atoms with Crippen molar-refractivity contribution < 1.29 is 87.5 Å². The fraction of sp³-hybridized carbons (Fsp3) is 0.923. The third-order valence-electron chi connectivity index (χ3n) is 3.02. The zero-order valence-corrected chi connectivity index (χ0v) is 20.2. The van der Waals surface area contributed by atoms with Gasteiger partial charge in [-0.2, -0.15) is 0 Å². The molecule has 0 fully saturated rings. The molecule has 0 rings (SSSR count). The number of carboxylic acid groups (broad SMARTS) is 2. The molecule has 188 valence electrons. The summed E-state index contributed by atoms with van der Waals surface area (Å²) in [5, 5.41) is 118. The van der Waals surface area contributed by atoms with Gasteiger partial charge in [-0.1, -0.05) is 0 Å². The van der Waals surface area contributed by atoms with Crippen molar-refractivity contribution in [2.45, 2.75) is 48.8 Å². The monoisotopic (exact) mass is 512 g/mol. The summed E-state index contributed by atoms with van der Waals surface area (Å²) in [5.41, 5.74) is 0. The number of hydrogen-bond acceptors (Lipinski definition) is 13.